The molecule has 6 heteroatoms. The molecule has 2 aromatic rings. The molecule has 1 heterocycles. The van der Waals surface area contributed by atoms with Crippen LogP contribution in [0.15, 0.2) is 28.8 Å². The molecule has 2 rings (SSSR count). The number of nitrogens with one attached hydrogen (secondary N) is 1. The molecule has 21 heavy (non-hydrogen) atoms. The maximum atomic E-state index is 11.8. The third kappa shape index (κ3) is 3.59. The number of rotatable bonds is 4. The number of aryl methyl sites for hydroxylation is 1. The van der Waals surface area contributed by atoms with Gasteiger partial charge in [-0.1, -0.05) is 28.9 Å². The highest BCUT2D eigenvalue weighted by atomic mass is 16.5. The molecule has 0 aliphatic carbocycles. The summed E-state index contributed by atoms with van der Waals surface area (Å²) in [7, 11) is 1.60. The molecule has 0 saturated carbocycles. The monoisotopic (exact) mass is 288 g/mol. The van der Waals surface area contributed by atoms with Crippen molar-refractivity contribution in [2.75, 3.05) is 7.05 Å². The number of urea groups is 1. The Hall–Kier alpha value is -2.37. The molecule has 0 aliphatic rings. The number of aromatic nitrogens is 2. The van der Waals surface area contributed by atoms with Crippen LogP contribution < -0.4 is 5.32 Å². The second kappa shape index (κ2) is 6.39. The largest absolute Gasteiger partial charge is 0.341 e. The van der Waals surface area contributed by atoms with Crippen molar-refractivity contribution in [3.8, 4) is 11.4 Å². The smallest absolute Gasteiger partial charge is 0.317 e. The van der Waals surface area contributed by atoms with Gasteiger partial charge in [0.1, 0.15) is 6.54 Å². The Labute approximate surface area is 124 Å². The van der Waals surface area contributed by atoms with Crippen LogP contribution in [-0.2, 0) is 6.54 Å². The van der Waals surface area contributed by atoms with Gasteiger partial charge in [0, 0.05) is 18.7 Å². The molecule has 112 valence electrons. The summed E-state index contributed by atoms with van der Waals surface area (Å²) in [4.78, 5) is 17.8. The van der Waals surface area contributed by atoms with Crippen molar-refractivity contribution in [2.45, 2.75) is 33.4 Å². The van der Waals surface area contributed by atoms with Crippen LogP contribution in [0.3, 0.4) is 0 Å². The first kappa shape index (κ1) is 15.0. The number of benzene rings is 1. The lowest BCUT2D eigenvalue weighted by atomic mass is 10.1. The van der Waals surface area contributed by atoms with Crippen LogP contribution in [0.5, 0.6) is 0 Å². The summed E-state index contributed by atoms with van der Waals surface area (Å²) in [5.41, 5.74) is 2.04. The second-order valence-corrected chi connectivity index (χ2v) is 5.16. The van der Waals surface area contributed by atoms with E-state index < -0.39 is 0 Å². The zero-order chi connectivity index (χ0) is 15.4. The van der Waals surface area contributed by atoms with E-state index in [-0.39, 0.29) is 18.6 Å². The van der Waals surface area contributed by atoms with E-state index >= 15 is 0 Å². The van der Waals surface area contributed by atoms with Crippen LogP contribution in [0.25, 0.3) is 11.4 Å². The molecule has 0 atom stereocenters. The van der Waals surface area contributed by atoms with Gasteiger partial charge in [-0.15, -0.1) is 0 Å². The average molecular weight is 288 g/mol. The molecule has 1 N–H and O–H groups in total. The van der Waals surface area contributed by atoms with E-state index in [1.807, 2.05) is 45.0 Å². The summed E-state index contributed by atoms with van der Waals surface area (Å²) < 4.78 is 5.25. The first-order valence-electron chi connectivity index (χ1n) is 6.89. The number of amides is 2. The number of nitrogens with zero attached hydrogens (tertiary/aromatic N) is 3. The zero-order valence-electron chi connectivity index (χ0n) is 12.8. The van der Waals surface area contributed by atoms with Crippen LogP contribution >= 0.6 is 0 Å². The normalized spacial score (nSPS) is 10.7. The average Bonchev–Trinajstić information content (AvgIpc) is 2.92. The second-order valence-electron chi connectivity index (χ2n) is 5.16. The number of hydrogen-bond acceptors (Lipinski definition) is 4. The fourth-order valence-corrected chi connectivity index (χ4v) is 2.00. The van der Waals surface area contributed by atoms with Crippen LogP contribution in [0.4, 0.5) is 4.79 Å². The van der Waals surface area contributed by atoms with Crippen molar-refractivity contribution in [2.24, 2.45) is 0 Å². The minimum Gasteiger partial charge on any atom is -0.341 e. The Balaban J connectivity index is 2.18. The highest BCUT2D eigenvalue weighted by molar-refractivity contribution is 5.74. The van der Waals surface area contributed by atoms with E-state index in [1.54, 1.807) is 11.9 Å². The third-order valence-electron chi connectivity index (χ3n) is 3.15. The number of hydrogen-bond donors (Lipinski definition) is 1. The number of carbonyl (C=O) groups excluding carboxylic acids is 1. The third-order valence-corrected chi connectivity index (χ3v) is 3.15. The lowest BCUT2D eigenvalue weighted by Gasteiger charge is -2.24. The van der Waals surface area contributed by atoms with Gasteiger partial charge in [0.2, 0.25) is 11.7 Å². The fraction of sp³-hybridized carbons (Fsp3) is 0.400. The van der Waals surface area contributed by atoms with E-state index in [0.717, 1.165) is 11.1 Å². The highest BCUT2D eigenvalue weighted by Crippen LogP contribution is 2.18. The van der Waals surface area contributed by atoms with Gasteiger partial charge in [0.05, 0.1) is 0 Å². The van der Waals surface area contributed by atoms with Crippen molar-refractivity contribution < 1.29 is 9.32 Å². The maximum absolute atomic E-state index is 11.8. The molecular weight excluding hydrogens is 268 g/mol. The Morgan fingerprint density at radius 3 is 2.81 bits per heavy atom. The van der Waals surface area contributed by atoms with Crippen molar-refractivity contribution >= 4 is 6.03 Å². The van der Waals surface area contributed by atoms with E-state index in [2.05, 4.69) is 15.5 Å². The molecule has 0 saturated heterocycles. The van der Waals surface area contributed by atoms with E-state index in [0.29, 0.717) is 11.7 Å². The minimum atomic E-state index is -0.166. The lowest BCUT2D eigenvalue weighted by Crippen LogP contribution is -2.42. The Bertz CT molecular complexity index is 622. The van der Waals surface area contributed by atoms with Crippen molar-refractivity contribution in [1.29, 1.82) is 0 Å². The van der Waals surface area contributed by atoms with Gasteiger partial charge in [-0.05, 0) is 26.8 Å². The summed E-state index contributed by atoms with van der Waals surface area (Å²) >= 11 is 0. The first-order valence-corrected chi connectivity index (χ1v) is 6.89. The molecule has 0 fully saturated rings. The van der Waals surface area contributed by atoms with Crippen LogP contribution in [-0.4, -0.2) is 34.2 Å². The molecule has 1 aromatic carbocycles. The van der Waals surface area contributed by atoms with Gasteiger partial charge >= 0.3 is 6.03 Å². The highest BCUT2D eigenvalue weighted by Gasteiger charge is 2.19. The van der Waals surface area contributed by atoms with E-state index in [4.69, 9.17) is 4.52 Å². The molecule has 0 radical (unpaired) electrons. The van der Waals surface area contributed by atoms with Crippen molar-refractivity contribution in [1.82, 2.24) is 20.4 Å². The van der Waals surface area contributed by atoms with Crippen molar-refractivity contribution in [3.05, 3.63) is 35.7 Å². The minimum absolute atomic E-state index is 0.0410. The van der Waals surface area contributed by atoms with E-state index in [9.17, 15) is 4.79 Å². The molecule has 2 amide bonds. The Morgan fingerprint density at radius 1 is 1.43 bits per heavy atom. The van der Waals surface area contributed by atoms with Gasteiger partial charge in [-0.25, -0.2) is 4.79 Å². The summed E-state index contributed by atoms with van der Waals surface area (Å²) in [5.74, 6) is 0.957. The maximum Gasteiger partial charge on any atom is 0.317 e. The molecule has 6 nitrogen and oxygen atoms in total. The standard InChI is InChI=1S/C15H20N4O2/c1-10(2)19(15(20)16-4)9-13-17-14(18-21-13)12-7-5-6-11(3)8-12/h5-8,10H,9H2,1-4H3,(H,16,20). The topological polar surface area (TPSA) is 71.3 Å². The Kier molecular flexibility index (Phi) is 4.57. The van der Waals surface area contributed by atoms with Gasteiger partial charge in [-0.2, -0.15) is 4.98 Å². The van der Waals surface area contributed by atoms with Gasteiger partial charge in [-0.3, -0.25) is 0 Å². The lowest BCUT2D eigenvalue weighted by molar-refractivity contribution is 0.171. The summed E-state index contributed by atoms with van der Waals surface area (Å²) in [5, 5.41) is 6.59. The Morgan fingerprint density at radius 2 is 2.19 bits per heavy atom. The van der Waals surface area contributed by atoms with Gasteiger partial charge in [0.15, 0.2) is 0 Å². The van der Waals surface area contributed by atoms with Crippen LogP contribution in [0.1, 0.15) is 25.3 Å². The van der Waals surface area contributed by atoms with Gasteiger partial charge in [0.25, 0.3) is 0 Å². The SMILES string of the molecule is CNC(=O)N(Cc1nc(-c2cccc(C)c2)no1)C(C)C. The summed E-state index contributed by atoms with van der Waals surface area (Å²) in [6, 6.07) is 7.76. The van der Waals surface area contributed by atoms with Crippen molar-refractivity contribution in [3.63, 3.8) is 0 Å². The predicted octanol–water partition coefficient (Wildman–Crippen LogP) is 2.59. The first-order chi connectivity index (χ1) is 10.0. The number of carbonyl (C=O) groups is 1. The van der Waals surface area contributed by atoms with E-state index in [1.165, 1.54) is 0 Å². The molecular formula is C15H20N4O2. The quantitative estimate of drug-likeness (QED) is 0.938. The summed E-state index contributed by atoms with van der Waals surface area (Å²) in [6.07, 6.45) is 0. The zero-order valence-corrected chi connectivity index (χ0v) is 12.8. The molecule has 0 bridgehead atoms. The molecule has 1 aromatic heterocycles. The van der Waals surface area contributed by atoms with Gasteiger partial charge < -0.3 is 14.7 Å². The van der Waals surface area contributed by atoms with Crippen LogP contribution in [0, 0.1) is 6.92 Å². The summed E-state index contributed by atoms with van der Waals surface area (Å²) in [6.45, 7) is 6.17. The molecule has 0 spiro atoms. The molecule has 0 unspecified atom stereocenters. The predicted molar refractivity (Wildman–Crippen MR) is 79.6 cm³/mol. The van der Waals surface area contributed by atoms with Crippen LogP contribution in [0.2, 0.25) is 0 Å². The molecule has 0 aliphatic heterocycles. The fourth-order valence-electron chi connectivity index (χ4n) is 2.00.